The minimum atomic E-state index is -0.481. The Bertz CT molecular complexity index is 1450. The Morgan fingerprint density at radius 2 is 1.70 bits per heavy atom. The predicted octanol–water partition coefficient (Wildman–Crippen LogP) is 5.96. The molecule has 43 heavy (non-hydrogen) atoms. The summed E-state index contributed by atoms with van der Waals surface area (Å²) >= 11 is 7.90. The molecule has 0 aliphatic carbocycles. The SMILES string of the molecule is CCOC(=O)C1CCN(C(=O)c2cccc(CSc3nc(Cl)cc(N4CCC(C(C)=O)(c5ccccc5)CC4)n3)c2)CC1. The number of ether oxygens (including phenoxy) is 1. The first-order chi connectivity index (χ1) is 20.8. The molecule has 0 N–H and O–H groups in total. The minimum absolute atomic E-state index is 0.0299. The van der Waals surface area contributed by atoms with Crippen molar-refractivity contribution < 1.29 is 19.1 Å². The number of hydrogen-bond acceptors (Lipinski definition) is 8. The van der Waals surface area contributed by atoms with Gasteiger partial charge in [-0.2, -0.15) is 0 Å². The lowest BCUT2D eigenvalue weighted by atomic mass is 9.70. The third-order valence-corrected chi connectivity index (χ3v) is 9.66. The number of carbonyl (C=O) groups excluding carboxylic acids is 3. The first-order valence-electron chi connectivity index (χ1n) is 14.8. The lowest BCUT2D eigenvalue weighted by molar-refractivity contribution is -0.149. The highest BCUT2D eigenvalue weighted by atomic mass is 35.5. The molecule has 2 saturated heterocycles. The van der Waals surface area contributed by atoms with E-state index in [1.54, 1.807) is 19.9 Å². The van der Waals surface area contributed by atoms with Gasteiger partial charge in [-0.3, -0.25) is 14.4 Å². The van der Waals surface area contributed by atoms with Gasteiger partial charge in [0.15, 0.2) is 5.16 Å². The Balaban J connectivity index is 1.20. The summed E-state index contributed by atoms with van der Waals surface area (Å²) in [6.07, 6.45) is 2.65. The maximum atomic E-state index is 13.2. The molecule has 0 atom stereocenters. The Labute approximate surface area is 262 Å². The maximum Gasteiger partial charge on any atom is 0.309 e. The number of aromatic nitrogens is 2. The van der Waals surface area contributed by atoms with E-state index in [2.05, 4.69) is 9.88 Å². The van der Waals surface area contributed by atoms with Crippen LogP contribution in [0.2, 0.25) is 5.15 Å². The Kier molecular flexibility index (Phi) is 10.0. The van der Waals surface area contributed by atoms with Crippen molar-refractivity contribution >= 4 is 46.8 Å². The van der Waals surface area contributed by atoms with Crippen LogP contribution in [0.3, 0.4) is 0 Å². The molecule has 0 bridgehead atoms. The number of nitrogens with zero attached hydrogens (tertiary/aromatic N) is 4. The zero-order valence-electron chi connectivity index (χ0n) is 24.6. The highest BCUT2D eigenvalue weighted by Gasteiger charge is 2.40. The van der Waals surface area contributed by atoms with Crippen LogP contribution in [0.1, 0.15) is 61.0 Å². The monoisotopic (exact) mass is 620 g/mol. The second kappa shape index (κ2) is 13.9. The number of thioether (sulfide) groups is 1. The number of hydrogen-bond donors (Lipinski definition) is 0. The van der Waals surface area contributed by atoms with E-state index in [9.17, 15) is 14.4 Å². The molecule has 8 nitrogen and oxygen atoms in total. The molecule has 3 heterocycles. The fourth-order valence-corrected chi connectivity index (χ4v) is 7.06. The third-order valence-electron chi connectivity index (χ3n) is 8.55. The smallest absolute Gasteiger partial charge is 0.309 e. The van der Waals surface area contributed by atoms with Crippen molar-refractivity contribution in [3.05, 3.63) is 82.5 Å². The largest absolute Gasteiger partial charge is 0.466 e. The fraction of sp³-hybridized carbons (Fsp3) is 0.424. The topological polar surface area (TPSA) is 92.7 Å². The van der Waals surface area contributed by atoms with Gasteiger partial charge in [0.1, 0.15) is 16.8 Å². The van der Waals surface area contributed by atoms with Crippen molar-refractivity contribution in [1.29, 1.82) is 0 Å². The number of benzene rings is 2. The van der Waals surface area contributed by atoms with Crippen LogP contribution < -0.4 is 4.90 Å². The average Bonchev–Trinajstić information content (AvgIpc) is 3.04. The van der Waals surface area contributed by atoms with E-state index in [0.29, 0.717) is 80.1 Å². The van der Waals surface area contributed by atoms with Crippen LogP contribution in [0.4, 0.5) is 5.82 Å². The number of ketones is 1. The van der Waals surface area contributed by atoms with Crippen molar-refractivity contribution in [2.75, 3.05) is 37.7 Å². The first kappa shape index (κ1) is 31.0. The van der Waals surface area contributed by atoms with Crippen LogP contribution in [-0.2, 0) is 25.5 Å². The molecule has 2 aromatic carbocycles. The quantitative estimate of drug-likeness (QED) is 0.125. The molecule has 0 saturated carbocycles. The van der Waals surface area contributed by atoms with Crippen molar-refractivity contribution in [3.8, 4) is 0 Å². The molecule has 0 radical (unpaired) electrons. The molecule has 2 fully saturated rings. The van der Waals surface area contributed by atoms with Crippen molar-refractivity contribution in [2.45, 2.75) is 55.9 Å². The number of amides is 1. The van der Waals surface area contributed by atoms with Gasteiger partial charge in [-0.15, -0.1) is 0 Å². The molecule has 1 amide bonds. The van der Waals surface area contributed by atoms with Gasteiger partial charge in [-0.25, -0.2) is 9.97 Å². The average molecular weight is 621 g/mol. The lowest BCUT2D eigenvalue weighted by Gasteiger charge is -2.41. The number of esters is 1. The molecule has 3 aromatic rings. The van der Waals surface area contributed by atoms with Gasteiger partial charge >= 0.3 is 5.97 Å². The van der Waals surface area contributed by atoms with Crippen molar-refractivity contribution in [3.63, 3.8) is 0 Å². The van der Waals surface area contributed by atoms with Gasteiger partial charge in [0.25, 0.3) is 5.91 Å². The molecule has 0 unspecified atom stereocenters. The van der Waals surface area contributed by atoms with Crippen molar-refractivity contribution in [1.82, 2.24) is 14.9 Å². The normalized spacial score (nSPS) is 17.0. The van der Waals surface area contributed by atoms with Gasteiger partial charge in [-0.05, 0) is 62.8 Å². The van der Waals surface area contributed by atoms with E-state index in [1.807, 2.05) is 59.5 Å². The third kappa shape index (κ3) is 7.21. The zero-order valence-corrected chi connectivity index (χ0v) is 26.2. The zero-order chi connectivity index (χ0) is 30.4. The lowest BCUT2D eigenvalue weighted by Crippen LogP contribution is -2.47. The molecule has 0 spiro atoms. The molecular formula is C33H37ClN4O4S. The van der Waals surface area contributed by atoms with Crippen molar-refractivity contribution in [2.24, 2.45) is 5.92 Å². The van der Waals surface area contributed by atoms with Crippen LogP contribution >= 0.6 is 23.4 Å². The van der Waals surface area contributed by atoms with E-state index in [1.165, 1.54) is 11.8 Å². The predicted molar refractivity (Wildman–Crippen MR) is 169 cm³/mol. The maximum absolute atomic E-state index is 13.2. The molecule has 2 aliphatic rings. The number of Topliss-reactive ketones (excluding diaryl/α,β-unsaturated/α-hetero) is 1. The van der Waals surface area contributed by atoms with Crippen LogP contribution in [0, 0.1) is 5.92 Å². The van der Waals surface area contributed by atoms with Crippen LogP contribution in [0.25, 0.3) is 0 Å². The van der Waals surface area contributed by atoms with Gasteiger partial charge in [0, 0.05) is 43.6 Å². The van der Waals surface area contributed by atoms with Crippen LogP contribution in [0.5, 0.6) is 0 Å². The van der Waals surface area contributed by atoms with E-state index in [0.717, 1.165) is 16.9 Å². The molecule has 226 valence electrons. The number of piperidine rings is 2. The number of halogens is 1. The second-order valence-corrected chi connectivity index (χ2v) is 12.5. The molecule has 10 heteroatoms. The number of anilines is 1. The van der Waals surface area contributed by atoms with Gasteiger partial charge < -0.3 is 14.5 Å². The standard InChI is InChI=1S/C33H37ClN4O4S/c1-3-42-31(41)25-12-16-38(17-13-25)30(40)26-9-7-8-24(20-26)22-43-32-35-28(34)21-29(36-32)37-18-14-33(15-19-37,23(2)39)27-10-5-4-6-11-27/h4-11,20-21,25H,3,12-19,22H2,1-2H3. The fourth-order valence-electron chi connectivity index (χ4n) is 6.03. The Morgan fingerprint density at radius 1 is 0.977 bits per heavy atom. The second-order valence-electron chi connectivity index (χ2n) is 11.1. The minimum Gasteiger partial charge on any atom is -0.466 e. The molecular weight excluding hydrogens is 584 g/mol. The van der Waals surface area contributed by atoms with Gasteiger partial charge in [-0.1, -0.05) is 65.8 Å². The first-order valence-corrected chi connectivity index (χ1v) is 16.2. The summed E-state index contributed by atoms with van der Waals surface area (Å²) < 4.78 is 5.15. The number of likely N-dealkylation sites (tertiary alicyclic amines) is 1. The summed E-state index contributed by atoms with van der Waals surface area (Å²) in [5, 5.41) is 0.931. The highest BCUT2D eigenvalue weighted by molar-refractivity contribution is 7.98. The van der Waals surface area contributed by atoms with Crippen LogP contribution in [-0.4, -0.2) is 65.3 Å². The van der Waals surface area contributed by atoms with Gasteiger partial charge in [0.05, 0.1) is 17.9 Å². The Hall–Kier alpha value is -3.43. The Morgan fingerprint density at radius 3 is 2.37 bits per heavy atom. The summed E-state index contributed by atoms with van der Waals surface area (Å²) in [5.74, 6) is 1.18. The van der Waals surface area contributed by atoms with Crippen LogP contribution in [0.15, 0.2) is 65.8 Å². The summed E-state index contributed by atoms with van der Waals surface area (Å²) in [7, 11) is 0. The summed E-state index contributed by atoms with van der Waals surface area (Å²) in [5.41, 5.74) is 2.20. The van der Waals surface area contributed by atoms with E-state index in [-0.39, 0.29) is 23.6 Å². The number of rotatable bonds is 9. The summed E-state index contributed by atoms with van der Waals surface area (Å²) in [6.45, 7) is 6.32. The van der Waals surface area contributed by atoms with E-state index >= 15 is 0 Å². The van der Waals surface area contributed by atoms with E-state index in [4.69, 9.17) is 21.3 Å². The highest BCUT2D eigenvalue weighted by Crippen LogP contribution is 2.38. The van der Waals surface area contributed by atoms with Gasteiger partial charge in [0.2, 0.25) is 0 Å². The number of carbonyl (C=O) groups is 3. The molecule has 2 aliphatic heterocycles. The summed E-state index contributed by atoms with van der Waals surface area (Å²) in [6, 6.07) is 19.4. The molecule has 1 aromatic heterocycles. The van der Waals surface area contributed by atoms with E-state index < -0.39 is 5.41 Å². The molecule has 5 rings (SSSR count). The summed E-state index contributed by atoms with van der Waals surface area (Å²) in [4.78, 5) is 51.3.